The van der Waals surface area contributed by atoms with Crippen LogP contribution in [0.4, 0.5) is 0 Å². The highest BCUT2D eigenvalue weighted by Crippen LogP contribution is 2.37. The maximum atomic E-state index is 5.25. The lowest BCUT2D eigenvalue weighted by Gasteiger charge is -2.13. The number of rotatable bonds is 20. The molecule has 0 spiro atoms. The monoisotopic (exact) mass is 626 g/mol. The lowest BCUT2D eigenvalue weighted by molar-refractivity contribution is 0.586. The van der Waals surface area contributed by atoms with Crippen LogP contribution in [0.15, 0.2) is 58.6 Å². The summed E-state index contributed by atoms with van der Waals surface area (Å²) in [5.74, 6) is 2.33. The Balaban J connectivity index is 1.34. The summed E-state index contributed by atoms with van der Waals surface area (Å²) < 4.78 is 0. The molecule has 0 atom stereocenters. The van der Waals surface area contributed by atoms with Crippen LogP contribution in [0.2, 0.25) is 0 Å². The molecule has 0 N–H and O–H groups in total. The second-order valence-corrected chi connectivity index (χ2v) is 14.4. The van der Waals surface area contributed by atoms with E-state index in [2.05, 4.69) is 38.1 Å². The van der Waals surface area contributed by atoms with E-state index < -0.39 is 0 Å². The van der Waals surface area contributed by atoms with Gasteiger partial charge in [-0.3, -0.25) is 9.97 Å². The molecule has 0 bridgehead atoms. The van der Waals surface area contributed by atoms with Crippen LogP contribution in [0.1, 0.15) is 117 Å². The summed E-state index contributed by atoms with van der Waals surface area (Å²) in [5.41, 5.74) is 5.57. The van der Waals surface area contributed by atoms with Crippen LogP contribution in [-0.4, -0.2) is 31.4 Å². The Morgan fingerprint density at radius 2 is 0.864 bits per heavy atom. The predicted molar refractivity (Wildman–Crippen MR) is 194 cm³/mol. The number of benzene rings is 2. The molecule has 6 heteroatoms. The molecule has 5 aromatic rings. The fourth-order valence-electron chi connectivity index (χ4n) is 6.07. The molecule has 0 saturated carbocycles. The van der Waals surface area contributed by atoms with E-state index in [1.54, 1.807) is 0 Å². The molecule has 0 unspecified atom stereocenters. The number of fused-ring (bicyclic) bond motifs is 7. The largest absolute Gasteiger partial charge is 0.254 e. The molecule has 2 aromatic carbocycles. The van der Waals surface area contributed by atoms with E-state index >= 15 is 0 Å². The quantitative estimate of drug-likeness (QED) is 0.0371. The second kappa shape index (κ2) is 17.9. The molecular formula is C38H50N4S2. The van der Waals surface area contributed by atoms with E-state index in [1.807, 2.05) is 48.1 Å². The maximum Gasteiger partial charge on any atom is 0.0996 e. The molecule has 4 nitrogen and oxygen atoms in total. The van der Waals surface area contributed by atoms with E-state index in [1.165, 1.54) is 113 Å². The van der Waals surface area contributed by atoms with Crippen LogP contribution >= 0.6 is 23.5 Å². The molecule has 234 valence electrons. The van der Waals surface area contributed by atoms with Gasteiger partial charge in [0.25, 0.3) is 0 Å². The molecular weight excluding hydrogens is 577 g/mol. The maximum absolute atomic E-state index is 5.25. The summed E-state index contributed by atoms with van der Waals surface area (Å²) in [5, 5.41) is 2.04. The zero-order chi connectivity index (χ0) is 30.4. The number of hydrogen-bond acceptors (Lipinski definition) is 6. The molecule has 0 saturated heterocycles. The average molecular weight is 627 g/mol. The van der Waals surface area contributed by atoms with Crippen LogP contribution in [0, 0.1) is 0 Å². The minimum atomic E-state index is 0.895. The van der Waals surface area contributed by atoms with Crippen LogP contribution in [-0.2, 0) is 0 Å². The van der Waals surface area contributed by atoms with Gasteiger partial charge in [0.2, 0.25) is 0 Å². The zero-order valence-electron chi connectivity index (χ0n) is 27.0. The van der Waals surface area contributed by atoms with Gasteiger partial charge in [-0.1, -0.05) is 104 Å². The minimum absolute atomic E-state index is 0.895. The fraction of sp³-hybridized carbons (Fsp3) is 0.526. The minimum Gasteiger partial charge on any atom is -0.254 e. The topological polar surface area (TPSA) is 51.6 Å². The predicted octanol–water partition coefficient (Wildman–Crippen LogP) is 12.3. The third-order valence-electron chi connectivity index (χ3n) is 8.59. The molecule has 3 aromatic heterocycles. The van der Waals surface area contributed by atoms with Crippen molar-refractivity contribution in [1.82, 2.24) is 19.9 Å². The van der Waals surface area contributed by atoms with Gasteiger partial charge in [-0.05, 0) is 60.7 Å². The first-order chi connectivity index (χ1) is 21.8. The number of hydrogen-bond donors (Lipinski definition) is 0. The third-order valence-corrected chi connectivity index (χ3v) is 11.0. The van der Waals surface area contributed by atoms with E-state index in [9.17, 15) is 0 Å². The highest BCUT2D eigenvalue weighted by atomic mass is 32.2. The summed E-state index contributed by atoms with van der Waals surface area (Å²) >= 11 is 4.03. The van der Waals surface area contributed by atoms with Crippen LogP contribution in [0.3, 0.4) is 0 Å². The van der Waals surface area contributed by atoms with Crippen molar-refractivity contribution in [3.63, 3.8) is 0 Å². The number of thioether (sulfide) groups is 2. The molecule has 44 heavy (non-hydrogen) atoms. The average Bonchev–Trinajstić information content (AvgIpc) is 3.06. The van der Waals surface area contributed by atoms with Crippen molar-refractivity contribution < 1.29 is 0 Å². The summed E-state index contributed by atoms with van der Waals surface area (Å²) in [4.78, 5) is 22.6. The molecule has 0 amide bonds. The summed E-state index contributed by atoms with van der Waals surface area (Å²) in [7, 11) is 0. The van der Waals surface area contributed by atoms with Crippen molar-refractivity contribution in [2.45, 2.75) is 126 Å². The Morgan fingerprint density at radius 1 is 0.477 bits per heavy atom. The molecule has 5 rings (SSSR count). The van der Waals surface area contributed by atoms with Gasteiger partial charge in [-0.15, -0.1) is 23.5 Å². The first-order valence-corrected chi connectivity index (χ1v) is 19.3. The van der Waals surface area contributed by atoms with Crippen LogP contribution in [0.5, 0.6) is 0 Å². The Bertz CT molecular complexity index is 1500. The SMILES string of the molecule is CCCCCCCCCCSc1cc2nc3c4cccnc4c4ncccc4c3nc2cc1SCCCCCCCCCC. The Kier molecular flexibility index (Phi) is 13.4. The summed E-state index contributed by atoms with van der Waals surface area (Å²) in [6.45, 7) is 4.58. The van der Waals surface area contributed by atoms with E-state index in [0.717, 1.165) is 55.4 Å². The summed E-state index contributed by atoms with van der Waals surface area (Å²) in [6.07, 6.45) is 25.4. The number of aromatic nitrogens is 4. The van der Waals surface area contributed by atoms with E-state index in [0.29, 0.717) is 0 Å². The first-order valence-electron chi connectivity index (χ1n) is 17.3. The second-order valence-electron chi connectivity index (χ2n) is 12.2. The Morgan fingerprint density at radius 3 is 1.27 bits per heavy atom. The smallest absolute Gasteiger partial charge is 0.0996 e. The molecule has 0 aliphatic carbocycles. The van der Waals surface area contributed by atoms with Gasteiger partial charge in [0.05, 0.1) is 33.1 Å². The van der Waals surface area contributed by atoms with Gasteiger partial charge in [-0.25, -0.2) is 9.97 Å². The fourth-order valence-corrected chi connectivity index (χ4v) is 8.35. The van der Waals surface area contributed by atoms with Crippen molar-refractivity contribution in [2.75, 3.05) is 11.5 Å². The van der Waals surface area contributed by atoms with Crippen molar-refractivity contribution in [3.05, 3.63) is 48.8 Å². The Labute approximate surface area is 273 Å². The zero-order valence-corrected chi connectivity index (χ0v) is 28.6. The standard InChI is InChI=1S/C38H50N4S2/c1-3-5-7-9-11-13-15-17-25-43-33-27-31-32(28-34(33)44-26-18-16-14-12-10-8-6-4-2)42-38-30-22-20-24-40-36(30)35-29(37(38)41-31)21-19-23-39-35/h19-24,27-28H,3-18,25-26H2,1-2H3. The van der Waals surface area contributed by atoms with E-state index in [-0.39, 0.29) is 0 Å². The van der Waals surface area contributed by atoms with Crippen molar-refractivity contribution in [2.24, 2.45) is 0 Å². The number of unbranched alkanes of at least 4 members (excludes halogenated alkanes) is 14. The molecule has 3 heterocycles. The van der Waals surface area contributed by atoms with Crippen LogP contribution < -0.4 is 0 Å². The van der Waals surface area contributed by atoms with Crippen LogP contribution in [0.25, 0.3) is 43.9 Å². The van der Waals surface area contributed by atoms with E-state index in [4.69, 9.17) is 19.9 Å². The van der Waals surface area contributed by atoms with Gasteiger partial charge in [0, 0.05) is 33.0 Å². The Hall–Kier alpha value is -2.44. The number of nitrogens with zero attached hydrogens (tertiary/aromatic N) is 4. The molecule has 0 aliphatic rings. The van der Waals surface area contributed by atoms with Gasteiger partial charge >= 0.3 is 0 Å². The van der Waals surface area contributed by atoms with Gasteiger partial charge in [0.1, 0.15) is 0 Å². The van der Waals surface area contributed by atoms with Gasteiger partial charge < -0.3 is 0 Å². The lowest BCUT2D eigenvalue weighted by atomic mass is 10.1. The summed E-state index contributed by atoms with van der Waals surface area (Å²) in [6, 6.07) is 12.8. The molecule has 0 fully saturated rings. The highest BCUT2D eigenvalue weighted by Gasteiger charge is 2.15. The van der Waals surface area contributed by atoms with Gasteiger partial charge in [0.15, 0.2) is 0 Å². The lowest BCUT2D eigenvalue weighted by Crippen LogP contribution is -1.95. The first kappa shape index (κ1) is 32.9. The van der Waals surface area contributed by atoms with Crippen molar-refractivity contribution >= 4 is 67.4 Å². The number of pyridine rings is 2. The van der Waals surface area contributed by atoms with Crippen molar-refractivity contribution in [1.29, 1.82) is 0 Å². The molecule has 0 aliphatic heterocycles. The molecule has 0 radical (unpaired) electrons. The normalized spacial score (nSPS) is 11.9. The highest BCUT2D eigenvalue weighted by molar-refractivity contribution is 8.02. The van der Waals surface area contributed by atoms with Crippen molar-refractivity contribution in [3.8, 4) is 0 Å². The van der Waals surface area contributed by atoms with Gasteiger partial charge in [-0.2, -0.15) is 0 Å². The third kappa shape index (κ3) is 8.84.